The first-order chi connectivity index (χ1) is 8.29. The highest BCUT2D eigenvalue weighted by atomic mass is 16.1. The van der Waals surface area contributed by atoms with E-state index in [1.807, 2.05) is 63.2 Å². The van der Waals surface area contributed by atoms with Crippen LogP contribution in [0.25, 0.3) is 11.1 Å². The topological polar surface area (TPSA) is 17.1 Å². The van der Waals surface area contributed by atoms with E-state index in [4.69, 9.17) is 0 Å². The third-order valence-corrected chi connectivity index (χ3v) is 2.96. The Morgan fingerprint density at radius 2 is 1.35 bits per heavy atom. The Balaban J connectivity index is 0.000000514. The van der Waals surface area contributed by atoms with Gasteiger partial charge in [0.15, 0.2) is 5.78 Å². The molecule has 0 saturated carbocycles. The van der Waals surface area contributed by atoms with Crippen LogP contribution in [0.4, 0.5) is 0 Å². The molecule has 3 rings (SSSR count). The summed E-state index contributed by atoms with van der Waals surface area (Å²) in [7, 11) is 0. The van der Waals surface area contributed by atoms with Crippen LogP contribution in [0.3, 0.4) is 0 Å². The van der Waals surface area contributed by atoms with Crippen molar-refractivity contribution in [3.63, 3.8) is 0 Å². The molecule has 0 N–H and O–H groups in total. The Morgan fingerprint density at radius 3 is 2.06 bits per heavy atom. The van der Waals surface area contributed by atoms with E-state index in [1.54, 1.807) is 0 Å². The van der Waals surface area contributed by atoms with Crippen molar-refractivity contribution in [3.8, 4) is 11.1 Å². The number of hydrogen-bond acceptors (Lipinski definition) is 1. The quantitative estimate of drug-likeness (QED) is 0.558. The SMILES string of the molecule is CC.Cc1cccc2c1C(=O)c1ccccc1-2. The van der Waals surface area contributed by atoms with Gasteiger partial charge in [-0.1, -0.05) is 56.3 Å². The van der Waals surface area contributed by atoms with E-state index in [1.165, 1.54) is 0 Å². The van der Waals surface area contributed by atoms with Gasteiger partial charge in [0, 0.05) is 11.1 Å². The zero-order chi connectivity index (χ0) is 12.4. The normalized spacial score (nSPS) is 11.4. The standard InChI is InChI=1S/C14H10O.C2H6/c1-9-5-4-8-11-10-6-2-3-7-12(10)14(15)13(9)11;1-2/h2-8H,1H3;1-2H3. The van der Waals surface area contributed by atoms with Crippen LogP contribution < -0.4 is 0 Å². The zero-order valence-corrected chi connectivity index (χ0v) is 10.4. The van der Waals surface area contributed by atoms with E-state index in [0.29, 0.717) is 0 Å². The van der Waals surface area contributed by atoms with Crippen LogP contribution in [0.1, 0.15) is 35.3 Å². The molecular formula is C16H16O. The second-order valence-electron chi connectivity index (χ2n) is 3.87. The van der Waals surface area contributed by atoms with Gasteiger partial charge in [-0.05, 0) is 23.6 Å². The molecule has 0 spiro atoms. The molecular weight excluding hydrogens is 208 g/mol. The average molecular weight is 224 g/mol. The maximum absolute atomic E-state index is 12.1. The van der Waals surface area contributed by atoms with Crippen LogP contribution in [0.15, 0.2) is 42.5 Å². The van der Waals surface area contributed by atoms with Gasteiger partial charge in [-0.15, -0.1) is 0 Å². The Kier molecular flexibility index (Phi) is 3.10. The minimum Gasteiger partial charge on any atom is -0.289 e. The van der Waals surface area contributed by atoms with E-state index >= 15 is 0 Å². The van der Waals surface area contributed by atoms with Crippen molar-refractivity contribution in [2.24, 2.45) is 0 Å². The predicted octanol–water partition coefficient (Wildman–Crippen LogP) is 4.23. The lowest BCUT2D eigenvalue weighted by molar-refractivity contribution is 0.104. The van der Waals surface area contributed by atoms with Crippen molar-refractivity contribution in [3.05, 3.63) is 59.2 Å². The maximum Gasteiger partial charge on any atom is 0.194 e. The highest BCUT2D eigenvalue weighted by molar-refractivity contribution is 6.22. The summed E-state index contributed by atoms with van der Waals surface area (Å²) in [6, 6.07) is 13.8. The van der Waals surface area contributed by atoms with Gasteiger partial charge in [-0.3, -0.25) is 4.79 Å². The molecule has 1 nitrogen and oxygen atoms in total. The van der Waals surface area contributed by atoms with Gasteiger partial charge in [0.2, 0.25) is 0 Å². The van der Waals surface area contributed by atoms with Crippen molar-refractivity contribution in [1.82, 2.24) is 0 Å². The van der Waals surface area contributed by atoms with Crippen LogP contribution in [0.5, 0.6) is 0 Å². The fourth-order valence-electron chi connectivity index (χ4n) is 2.24. The van der Waals surface area contributed by atoms with Gasteiger partial charge in [0.1, 0.15) is 0 Å². The fourth-order valence-corrected chi connectivity index (χ4v) is 2.24. The molecule has 2 aromatic carbocycles. The summed E-state index contributed by atoms with van der Waals surface area (Å²) in [5, 5.41) is 0. The Hall–Kier alpha value is -1.89. The Bertz CT molecular complexity index is 567. The third kappa shape index (κ3) is 1.68. The second-order valence-corrected chi connectivity index (χ2v) is 3.87. The van der Waals surface area contributed by atoms with E-state index in [0.717, 1.165) is 27.8 Å². The highest BCUT2D eigenvalue weighted by Gasteiger charge is 2.26. The van der Waals surface area contributed by atoms with E-state index in [2.05, 4.69) is 0 Å². The molecule has 0 atom stereocenters. The minimum atomic E-state index is 0.165. The van der Waals surface area contributed by atoms with Gasteiger partial charge in [0.05, 0.1) is 0 Å². The number of ketones is 1. The zero-order valence-electron chi connectivity index (χ0n) is 10.4. The highest BCUT2D eigenvalue weighted by Crippen LogP contribution is 2.37. The van der Waals surface area contributed by atoms with E-state index in [9.17, 15) is 4.79 Å². The smallest absolute Gasteiger partial charge is 0.194 e. The first-order valence-electron chi connectivity index (χ1n) is 6.03. The third-order valence-electron chi connectivity index (χ3n) is 2.96. The van der Waals surface area contributed by atoms with Crippen molar-refractivity contribution < 1.29 is 4.79 Å². The summed E-state index contributed by atoms with van der Waals surface area (Å²) >= 11 is 0. The lowest BCUT2D eigenvalue weighted by Crippen LogP contribution is -1.97. The maximum atomic E-state index is 12.1. The summed E-state index contributed by atoms with van der Waals surface area (Å²) in [5.41, 5.74) is 4.92. The van der Waals surface area contributed by atoms with Crippen molar-refractivity contribution >= 4 is 5.78 Å². The van der Waals surface area contributed by atoms with Gasteiger partial charge < -0.3 is 0 Å². The molecule has 0 unspecified atom stereocenters. The van der Waals surface area contributed by atoms with Crippen LogP contribution >= 0.6 is 0 Å². The molecule has 17 heavy (non-hydrogen) atoms. The molecule has 0 amide bonds. The fraction of sp³-hybridized carbons (Fsp3) is 0.188. The van der Waals surface area contributed by atoms with Crippen molar-refractivity contribution in [2.75, 3.05) is 0 Å². The molecule has 0 fully saturated rings. The molecule has 0 aliphatic heterocycles. The molecule has 0 radical (unpaired) electrons. The molecule has 1 aliphatic rings. The number of carbonyl (C=O) groups is 1. The summed E-state index contributed by atoms with van der Waals surface area (Å²) in [6.07, 6.45) is 0. The number of aryl methyl sites for hydroxylation is 1. The van der Waals surface area contributed by atoms with E-state index in [-0.39, 0.29) is 5.78 Å². The summed E-state index contributed by atoms with van der Waals surface area (Å²) in [4.78, 5) is 12.1. The lowest BCUT2D eigenvalue weighted by Gasteiger charge is -2.01. The van der Waals surface area contributed by atoms with Gasteiger partial charge in [-0.2, -0.15) is 0 Å². The number of carbonyl (C=O) groups excluding carboxylic acids is 1. The molecule has 86 valence electrons. The summed E-state index contributed by atoms with van der Waals surface area (Å²) in [5.74, 6) is 0.165. The summed E-state index contributed by atoms with van der Waals surface area (Å²) in [6.45, 7) is 5.99. The predicted molar refractivity (Wildman–Crippen MR) is 71.4 cm³/mol. The largest absolute Gasteiger partial charge is 0.289 e. The molecule has 1 heteroatoms. The van der Waals surface area contributed by atoms with Gasteiger partial charge >= 0.3 is 0 Å². The van der Waals surface area contributed by atoms with Crippen LogP contribution in [-0.4, -0.2) is 5.78 Å². The first-order valence-corrected chi connectivity index (χ1v) is 6.03. The van der Waals surface area contributed by atoms with E-state index < -0.39 is 0 Å². The number of fused-ring (bicyclic) bond motifs is 3. The van der Waals surface area contributed by atoms with Crippen LogP contribution in [0.2, 0.25) is 0 Å². The average Bonchev–Trinajstić information content (AvgIpc) is 2.68. The molecule has 0 bridgehead atoms. The molecule has 0 saturated heterocycles. The van der Waals surface area contributed by atoms with Crippen molar-refractivity contribution in [2.45, 2.75) is 20.8 Å². The Labute approximate surface area is 102 Å². The van der Waals surface area contributed by atoms with Gasteiger partial charge in [0.25, 0.3) is 0 Å². The minimum absolute atomic E-state index is 0.165. The first kappa shape index (κ1) is 11.6. The van der Waals surface area contributed by atoms with Crippen LogP contribution in [0, 0.1) is 6.92 Å². The van der Waals surface area contributed by atoms with Crippen molar-refractivity contribution in [1.29, 1.82) is 0 Å². The Morgan fingerprint density at radius 1 is 0.765 bits per heavy atom. The molecule has 1 aliphatic carbocycles. The van der Waals surface area contributed by atoms with Crippen LogP contribution in [-0.2, 0) is 0 Å². The monoisotopic (exact) mass is 224 g/mol. The van der Waals surface area contributed by atoms with Gasteiger partial charge in [-0.25, -0.2) is 0 Å². The lowest BCUT2D eigenvalue weighted by atomic mass is 10.0. The molecule has 0 aromatic heterocycles. The number of hydrogen-bond donors (Lipinski definition) is 0. The number of rotatable bonds is 0. The summed E-state index contributed by atoms with van der Waals surface area (Å²) < 4.78 is 0. The molecule has 2 aromatic rings. The molecule has 0 heterocycles. The number of benzene rings is 2. The second kappa shape index (κ2) is 4.54.